The van der Waals surface area contributed by atoms with Crippen molar-refractivity contribution in [3.63, 3.8) is 0 Å². The summed E-state index contributed by atoms with van der Waals surface area (Å²) in [5, 5.41) is 3.52. The molecule has 1 amide bonds. The van der Waals surface area contributed by atoms with Gasteiger partial charge < -0.3 is 10.2 Å². The molecule has 2 aliphatic rings. The van der Waals surface area contributed by atoms with Crippen LogP contribution in [0.5, 0.6) is 0 Å². The van der Waals surface area contributed by atoms with Crippen molar-refractivity contribution in [2.45, 2.75) is 24.7 Å². The number of hydrogen-bond donors (Lipinski definition) is 1. The zero-order valence-electron chi connectivity index (χ0n) is 16.4. The van der Waals surface area contributed by atoms with Crippen molar-refractivity contribution < 1.29 is 13.2 Å². The van der Waals surface area contributed by atoms with Gasteiger partial charge >= 0.3 is 0 Å². The van der Waals surface area contributed by atoms with E-state index in [-0.39, 0.29) is 22.6 Å². The Morgan fingerprint density at radius 1 is 1.07 bits per heavy atom. The largest absolute Gasteiger partial charge is 0.369 e. The Hall–Kier alpha value is -2.09. The van der Waals surface area contributed by atoms with Crippen LogP contribution in [-0.2, 0) is 14.8 Å². The van der Waals surface area contributed by atoms with E-state index < -0.39 is 10.0 Å². The van der Waals surface area contributed by atoms with Crippen molar-refractivity contribution in [2.75, 3.05) is 36.4 Å². The molecule has 154 valence electrons. The van der Waals surface area contributed by atoms with Crippen LogP contribution in [0, 0.1) is 5.92 Å². The number of rotatable bonds is 4. The van der Waals surface area contributed by atoms with E-state index in [1.54, 1.807) is 18.2 Å². The van der Waals surface area contributed by atoms with Crippen molar-refractivity contribution in [3.05, 3.63) is 53.1 Å². The Bertz CT molecular complexity index is 1050. The number of hydrogen-bond acceptors (Lipinski definition) is 4. The van der Waals surface area contributed by atoms with Gasteiger partial charge in [-0.3, -0.25) is 4.79 Å². The number of carbonyl (C=O) groups is 1. The number of anilines is 2. The molecule has 1 atom stereocenters. The number of nitrogens with zero attached hydrogens (tertiary/aromatic N) is 2. The number of nitrogens with one attached hydrogen (secondary N) is 1. The van der Waals surface area contributed by atoms with E-state index in [2.05, 4.69) is 10.2 Å². The van der Waals surface area contributed by atoms with Gasteiger partial charge in [-0.2, -0.15) is 4.31 Å². The number of fused-ring (bicyclic) bond motifs is 1. The van der Waals surface area contributed by atoms with Crippen molar-refractivity contribution in [2.24, 2.45) is 5.92 Å². The van der Waals surface area contributed by atoms with Crippen LogP contribution in [0.4, 0.5) is 11.4 Å². The Morgan fingerprint density at radius 2 is 1.79 bits per heavy atom. The second kappa shape index (κ2) is 7.63. The lowest BCUT2D eigenvalue weighted by Gasteiger charge is -2.35. The second-order valence-electron chi connectivity index (χ2n) is 7.83. The van der Waals surface area contributed by atoms with E-state index in [1.165, 1.54) is 4.31 Å². The van der Waals surface area contributed by atoms with Crippen molar-refractivity contribution in [3.8, 4) is 0 Å². The molecule has 0 saturated carbocycles. The van der Waals surface area contributed by atoms with E-state index in [9.17, 15) is 13.2 Å². The lowest BCUT2D eigenvalue weighted by atomic mass is 9.90. The number of amides is 1. The van der Waals surface area contributed by atoms with Crippen LogP contribution in [-0.4, -0.2) is 44.8 Å². The lowest BCUT2D eigenvalue weighted by molar-refractivity contribution is -0.117. The minimum absolute atomic E-state index is 0.0697. The highest BCUT2D eigenvalue weighted by Gasteiger charge is 2.35. The van der Waals surface area contributed by atoms with Crippen LogP contribution in [0.1, 0.15) is 25.3 Å². The first-order valence-electron chi connectivity index (χ1n) is 9.73. The van der Waals surface area contributed by atoms with E-state index in [0.29, 0.717) is 36.9 Å². The van der Waals surface area contributed by atoms with Gasteiger partial charge in [0.15, 0.2) is 0 Å². The standard InChI is InChI=1S/C21H24ClN3O3S/c1-14(2)20-18-13-17(6-7-19(18)23-21(20)26)29(27,28)25-10-8-24(9-11-25)16-5-3-4-15(22)12-16/h3-7,12-14,20H,8-11H2,1-2H3,(H,23,26)/t20-/m1/s1. The molecule has 1 saturated heterocycles. The first kappa shape index (κ1) is 20.2. The van der Waals surface area contributed by atoms with Gasteiger partial charge in [0, 0.05) is 42.6 Å². The summed E-state index contributed by atoms with van der Waals surface area (Å²) in [4.78, 5) is 14.6. The number of sulfonamides is 1. The summed E-state index contributed by atoms with van der Waals surface area (Å²) >= 11 is 6.07. The normalized spacial score (nSPS) is 20.1. The van der Waals surface area contributed by atoms with Gasteiger partial charge in [-0.25, -0.2) is 8.42 Å². The van der Waals surface area contributed by atoms with Crippen LogP contribution in [0.3, 0.4) is 0 Å². The number of carbonyl (C=O) groups excluding carboxylic acids is 1. The summed E-state index contributed by atoms with van der Waals surface area (Å²) in [5.41, 5.74) is 2.47. The molecular formula is C21H24ClN3O3S. The fraction of sp³-hybridized carbons (Fsp3) is 0.381. The predicted octanol–water partition coefficient (Wildman–Crippen LogP) is 3.54. The molecule has 0 spiro atoms. The molecule has 1 fully saturated rings. The number of piperazine rings is 1. The monoisotopic (exact) mass is 433 g/mol. The molecule has 0 aliphatic carbocycles. The topological polar surface area (TPSA) is 69.7 Å². The summed E-state index contributed by atoms with van der Waals surface area (Å²) in [6.07, 6.45) is 0. The molecule has 6 nitrogen and oxygen atoms in total. The molecule has 1 N–H and O–H groups in total. The Labute approximate surface area is 176 Å². The molecule has 0 aromatic heterocycles. The van der Waals surface area contributed by atoms with Gasteiger partial charge in [-0.1, -0.05) is 31.5 Å². The minimum atomic E-state index is -3.62. The van der Waals surface area contributed by atoms with Gasteiger partial charge in [-0.15, -0.1) is 0 Å². The maximum atomic E-state index is 13.2. The summed E-state index contributed by atoms with van der Waals surface area (Å²) in [6, 6.07) is 12.5. The maximum Gasteiger partial charge on any atom is 0.243 e. The predicted molar refractivity (Wildman–Crippen MR) is 115 cm³/mol. The summed E-state index contributed by atoms with van der Waals surface area (Å²) in [7, 11) is -3.62. The number of benzene rings is 2. The Kier molecular flexibility index (Phi) is 5.31. The Morgan fingerprint density at radius 3 is 2.45 bits per heavy atom. The third-order valence-corrected chi connectivity index (χ3v) is 7.74. The quantitative estimate of drug-likeness (QED) is 0.800. The SMILES string of the molecule is CC(C)[C@H]1C(=O)Nc2ccc(S(=O)(=O)N3CCN(c4cccc(Cl)c4)CC3)cc21. The van der Waals surface area contributed by atoms with E-state index in [1.807, 2.05) is 38.1 Å². The molecule has 4 rings (SSSR count). The number of halogens is 1. The molecular weight excluding hydrogens is 410 g/mol. The highest BCUT2D eigenvalue weighted by Crippen LogP contribution is 2.39. The van der Waals surface area contributed by atoms with Crippen LogP contribution in [0.15, 0.2) is 47.4 Å². The maximum absolute atomic E-state index is 13.2. The fourth-order valence-electron chi connectivity index (χ4n) is 4.09. The summed E-state index contributed by atoms with van der Waals surface area (Å²) in [5.74, 6) is -0.296. The van der Waals surface area contributed by atoms with E-state index in [4.69, 9.17) is 11.6 Å². The molecule has 2 aromatic carbocycles. The smallest absolute Gasteiger partial charge is 0.243 e. The lowest BCUT2D eigenvalue weighted by Crippen LogP contribution is -2.48. The molecule has 0 radical (unpaired) electrons. The molecule has 0 bridgehead atoms. The van der Waals surface area contributed by atoms with Crippen LogP contribution >= 0.6 is 11.6 Å². The van der Waals surface area contributed by atoms with E-state index >= 15 is 0 Å². The summed E-state index contributed by atoms with van der Waals surface area (Å²) in [6.45, 7) is 5.93. The van der Waals surface area contributed by atoms with Gasteiger partial charge in [0.1, 0.15) is 0 Å². The molecule has 0 unspecified atom stereocenters. The highest BCUT2D eigenvalue weighted by molar-refractivity contribution is 7.89. The van der Waals surface area contributed by atoms with Crippen molar-refractivity contribution in [1.29, 1.82) is 0 Å². The average Bonchev–Trinajstić information content (AvgIpc) is 3.03. The zero-order chi connectivity index (χ0) is 20.8. The van der Waals surface area contributed by atoms with Gasteiger partial charge in [0.25, 0.3) is 0 Å². The molecule has 29 heavy (non-hydrogen) atoms. The molecule has 8 heteroatoms. The fourth-order valence-corrected chi connectivity index (χ4v) is 5.74. The van der Waals surface area contributed by atoms with Crippen LogP contribution < -0.4 is 10.2 Å². The first-order chi connectivity index (χ1) is 13.8. The van der Waals surface area contributed by atoms with E-state index in [0.717, 1.165) is 11.3 Å². The molecule has 2 heterocycles. The van der Waals surface area contributed by atoms with Crippen LogP contribution in [0.2, 0.25) is 5.02 Å². The van der Waals surface area contributed by atoms with Crippen molar-refractivity contribution in [1.82, 2.24) is 4.31 Å². The molecule has 2 aromatic rings. The van der Waals surface area contributed by atoms with Gasteiger partial charge in [-0.05, 0) is 47.9 Å². The van der Waals surface area contributed by atoms with Crippen LogP contribution in [0.25, 0.3) is 0 Å². The van der Waals surface area contributed by atoms with Crippen molar-refractivity contribution >= 4 is 38.9 Å². The second-order valence-corrected chi connectivity index (χ2v) is 10.2. The minimum Gasteiger partial charge on any atom is -0.369 e. The molecule has 2 aliphatic heterocycles. The first-order valence-corrected chi connectivity index (χ1v) is 11.5. The zero-order valence-corrected chi connectivity index (χ0v) is 18.0. The van der Waals surface area contributed by atoms with Gasteiger partial charge in [0.2, 0.25) is 15.9 Å². The average molecular weight is 434 g/mol. The van der Waals surface area contributed by atoms with Gasteiger partial charge in [0.05, 0.1) is 10.8 Å². The highest BCUT2D eigenvalue weighted by atomic mass is 35.5. The summed E-state index contributed by atoms with van der Waals surface area (Å²) < 4.78 is 28.0. The Balaban J connectivity index is 1.54. The third-order valence-electron chi connectivity index (χ3n) is 5.61. The third kappa shape index (κ3) is 3.74.